The third-order valence-electron chi connectivity index (χ3n) is 4.59. The van der Waals surface area contributed by atoms with Crippen LogP contribution in [0.3, 0.4) is 0 Å². The molecule has 0 spiro atoms. The van der Waals surface area contributed by atoms with Gasteiger partial charge in [-0.1, -0.05) is 13.3 Å². The number of hydrogen-bond donors (Lipinski definition) is 1. The lowest BCUT2D eigenvalue weighted by Crippen LogP contribution is -2.52. The maximum absolute atomic E-state index is 12.7. The van der Waals surface area contributed by atoms with Crippen molar-refractivity contribution in [1.29, 1.82) is 0 Å². The largest absolute Gasteiger partial charge is 0.467 e. The van der Waals surface area contributed by atoms with Crippen LogP contribution in [0.15, 0.2) is 18.2 Å². The van der Waals surface area contributed by atoms with Crippen molar-refractivity contribution in [2.24, 2.45) is 0 Å². The normalized spacial score (nSPS) is 16.4. The van der Waals surface area contributed by atoms with Crippen molar-refractivity contribution < 1.29 is 22.7 Å². The molecule has 0 radical (unpaired) electrons. The topological polar surface area (TPSA) is 92.8 Å². The van der Waals surface area contributed by atoms with E-state index in [1.54, 1.807) is 25.1 Å². The van der Waals surface area contributed by atoms with Crippen LogP contribution in [0.2, 0.25) is 0 Å². The molecule has 0 bridgehead atoms. The van der Waals surface area contributed by atoms with E-state index in [1.807, 2.05) is 6.92 Å². The van der Waals surface area contributed by atoms with Crippen LogP contribution in [0.1, 0.15) is 49.0 Å². The van der Waals surface area contributed by atoms with Gasteiger partial charge >= 0.3 is 5.97 Å². The zero-order chi connectivity index (χ0) is 19.5. The van der Waals surface area contributed by atoms with Gasteiger partial charge in [-0.05, 0) is 49.9 Å². The molecular formula is C18H26N2O5S. The molecule has 144 valence electrons. The predicted octanol–water partition coefficient (Wildman–Crippen LogP) is 1.86. The molecule has 0 saturated carbocycles. The van der Waals surface area contributed by atoms with Crippen LogP contribution in [0.25, 0.3) is 0 Å². The van der Waals surface area contributed by atoms with Gasteiger partial charge in [0.25, 0.3) is 5.91 Å². The predicted molar refractivity (Wildman–Crippen MR) is 99.7 cm³/mol. The van der Waals surface area contributed by atoms with Gasteiger partial charge in [-0.15, -0.1) is 0 Å². The zero-order valence-electron chi connectivity index (χ0n) is 15.7. The molecule has 1 aliphatic rings. The summed E-state index contributed by atoms with van der Waals surface area (Å²) in [6.07, 6.45) is 3.74. The van der Waals surface area contributed by atoms with Crippen molar-refractivity contribution in [2.45, 2.75) is 45.1 Å². The monoisotopic (exact) mass is 382 g/mol. The number of nitrogens with one attached hydrogen (secondary N) is 1. The molecule has 1 aliphatic heterocycles. The first-order valence-corrected chi connectivity index (χ1v) is 10.5. The second-order valence-corrected chi connectivity index (χ2v) is 8.72. The molecule has 8 heteroatoms. The van der Waals surface area contributed by atoms with E-state index in [-0.39, 0.29) is 5.91 Å². The highest BCUT2D eigenvalue weighted by atomic mass is 32.2. The fraction of sp³-hybridized carbons (Fsp3) is 0.556. The zero-order valence-corrected chi connectivity index (χ0v) is 16.5. The maximum Gasteiger partial charge on any atom is 0.331 e. The molecule has 0 aromatic heterocycles. The Balaban J connectivity index is 2.30. The molecule has 2 rings (SSSR count). The lowest BCUT2D eigenvalue weighted by atomic mass is 9.95. The van der Waals surface area contributed by atoms with Crippen LogP contribution in [0, 0.1) is 0 Å². The number of sulfonamides is 1. The minimum Gasteiger partial charge on any atom is -0.467 e. The smallest absolute Gasteiger partial charge is 0.331 e. The fourth-order valence-electron chi connectivity index (χ4n) is 3.31. The van der Waals surface area contributed by atoms with Gasteiger partial charge in [0.1, 0.15) is 5.54 Å². The first kappa shape index (κ1) is 20.2. The summed E-state index contributed by atoms with van der Waals surface area (Å²) in [5, 5.41) is 2.76. The van der Waals surface area contributed by atoms with E-state index in [0.717, 1.165) is 5.56 Å². The van der Waals surface area contributed by atoms with E-state index in [4.69, 9.17) is 4.74 Å². The lowest BCUT2D eigenvalue weighted by molar-refractivity contribution is -0.147. The number of carbonyl (C=O) groups excluding carboxylic acids is 2. The van der Waals surface area contributed by atoms with Crippen LogP contribution < -0.4 is 9.62 Å². The molecule has 0 fully saturated rings. The van der Waals surface area contributed by atoms with Crippen LogP contribution >= 0.6 is 0 Å². The number of benzene rings is 1. The molecule has 0 aliphatic carbocycles. The highest BCUT2D eigenvalue weighted by Gasteiger charge is 2.35. The fourth-order valence-corrected chi connectivity index (χ4v) is 4.31. The van der Waals surface area contributed by atoms with Crippen molar-refractivity contribution in [3.63, 3.8) is 0 Å². The number of hydrogen-bond acceptors (Lipinski definition) is 5. The molecule has 7 nitrogen and oxygen atoms in total. The van der Waals surface area contributed by atoms with Gasteiger partial charge in [0.05, 0.1) is 19.1 Å². The number of nitrogens with zero attached hydrogens (tertiary/aromatic N) is 1. The van der Waals surface area contributed by atoms with Gasteiger partial charge in [-0.25, -0.2) is 13.2 Å². The Morgan fingerprint density at radius 2 is 2.04 bits per heavy atom. The number of esters is 1. The number of rotatable bonds is 6. The number of fused-ring (bicyclic) bond motifs is 1. The number of ether oxygens (including phenoxy) is 1. The summed E-state index contributed by atoms with van der Waals surface area (Å²) >= 11 is 0. The average molecular weight is 382 g/mol. The third-order valence-corrected chi connectivity index (χ3v) is 5.77. The third kappa shape index (κ3) is 4.17. The van der Waals surface area contributed by atoms with Gasteiger partial charge in [0.15, 0.2) is 0 Å². The number of anilines is 1. The number of methoxy groups -OCH3 is 1. The van der Waals surface area contributed by atoms with Crippen LogP contribution in [0.5, 0.6) is 0 Å². The van der Waals surface area contributed by atoms with Crippen molar-refractivity contribution in [3.05, 3.63) is 29.3 Å². The highest BCUT2D eigenvalue weighted by Crippen LogP contribution is 2.30. The summed E-state index contributed by atoms with van der Waals surface area (Å²) in [6.45, 7) is 4.00. The molecule has 1 amide bonds. The maximum atomic E-state index is 12.7. The van der Waals surface area contributed by atoms with Crippen molar-refractivity contribution >= 4 is 27.6 Å². The highest BCUT2D eigenvalue weighted by molar-refractivity contribution is 7.92. The molecule has 26 heavy (non-hydrogen) atoms. The Bertz CT molecular complexity index is 806. The SMILES string of the molecule is CCCC(C)(NC(=O)c1ccc2c(c1)CCCN2S(C)(=O)=O)C(=O)OC. The Morgan fingerprint density at radius 1 is 1.35 bits per heavy atom. The van der Waals surface area contributed by atoms with Crippen LogP contribution in [-0.4, -0.2) is 45.7 Å². The number of aryl methyl sites for hydroxylation is 1. The molecule has 1 aromatic rings. The second-order valence-electron chi connectivity index (χ2n) is 6.81. The van der Waals surface area contributed by atoms with Gasteiger partial charge in [-0.2, -0.15) is 0 Å². The van der Waals surface area contributed by atoms with E-state index < -0.39 is 21.5 Å². The summed E-state index contributed by atoms with van der Waals surface area (Å²) in [7, 11) is -2.06. The van der Waals surface area contributed by atoms with E-state index in [2.05, 4.69) is 5.32 Å². The number of amides is 1. The van der Waals surface area contributed by atoms with Crippen LogP contribution in [0.4, 0.5) is 5.69 Å². The molecule has 1 atom stereocenters. The van der Waals surface area contributed by atoms with Crippen molar-refractivity contribution in [1.82, 2.24) is 5.32 Å². The minimum atomic E-state index is -3.35. The summed E-state index contributed by atoms with van der Waals surface area (Å²) < 4.78 is 30.0. The summed E-state index contributed by atoms with van der Waals surface area (Å²) in [5.74, 6) is -0.875. The van der Waals surface area contributed by atoms with E-state index >= 15 is 0 Å². The molecule has 1 aromatic carbocycles. The lowest BCUT2D eigenvalue weighted by Gasteiger charge is -2.30. The number of carbonyl (C=O) groups is 2. The molecule has 0 saturated heterocycles. The van der Waals surface area contributed by atoms with Gasteiger partial charge in [0.2, 0.25) is 10.0 Å². The summed E-state index contributed by atoms with van der Waals surface area (Å²) in [4.78, 5) is 24.7. The average Bonchev–Trinajstić information content (AvgIpc) is 2.59. The first-order chi connectivity index (χ1) is 12.1. The first-order valence-electron chi connectivity index (χ1n) is 8.64. The Morgan fingerprint density at radius 3 is 2.62 bits per heavy atom. The van der Waals surface area contributed by atoms with Gasteiger partial charge in [-0.3, -0.25) is 9.10 Å². The standard InChI is InChI=1S/C18H26N2O5S/c1-5-10-18(2,17(22)25-3)19-16(21)14-8-9-15-13(12-14)7-6-11-20(15)26(4,23)24/h8-9,12H,5-7,10-11H2,1-4H3,(H,19,21). The molecule has 1 unspecified atom stereocenters. The summed E-state index contributed by atoms with van der Waals surface area (Å²) in [6, 6.07) is 4.94. The van der Waals surface area contributed by atoms with Gasteiger partial charge in [0, 0.05) is 12.1 Å². The van der Waals surface area contributed by atoms with Crippen molar-refractivity contribution in [2.75, 3.05) is 24.2 Å². The van der Waals surface area contributed by atoms with E-state index in [1.165, 1.54) is 17.7 Å². The Kier molecular flexibility index (Phi) is 5.95. The van der Waals surface area contributed by atoms with E-state index in [0.29, 0.717) is 43.5 Å². The molecule has 1 heterocycles. The van der Waals surface area contributed by atoms with Crippen LogP contribution in [-0.2, 0) is 26.0 Å². The van der Waals surface area contributed by atoms with Crippen molar-refractivity contribution in [3.8, 4) is 0 Å². The Labute approximate surface area is 154 Å². The van der Waals surface area contributed by atoms with Gasteiger partial charge < -0.3 is 10.1 Å². The minimum absolute atomic E-state index is 0.384. The Hall–Kier alpha value is -2.09. The van der Waals surface area contributed by atoms with E-state index in [9.17, 15) is 18.0 Å². The molecule has 1 N–H and O–H groups in total. The molecular weight excluding hydrogens is 356 g/mol. The summed E-state index contributed by atoms with van der Waals surface area (Å²) in [5.41, 5.74) is 0.712. The second kappa shape index (κ2) is 7.65. The quantitative estimate of drug-likeness (QED) is 0.758.